The zero-order valence-electron chi connectivity index (χ0n) is 28.0. The SMILES string of the molecule is CCOC(=O)C(Cc1ccc(OCCN(C)C2c3ccc(CC)cc3CCc3c(CCc4ccccc4)cccc32)cc1)OCC. The average molecular weight is 620 g/mol. The molecular weight excluding hydrogens is 570 g/mol. The Labute approximate surface area is 275 Å². The number of rotatable bonds is 15. The van der Waals surface area contributed by atoms with Crippen molar-refractivity contribution in [3.8, 4) is 5.75 Å². The maximum atomic E-state index is 12.3. The van der Waals surface area contributed by atoms with Gasteiger partial charge in [-0.25, -0.2) is 4.79 Å². The molecular formula is C41H49NO4. The number of likely N-dealkylation sites (N-methyl/N-ethyl adjacent to an activating group) is 1. The summed E-state index contributed by atoms with van der Waals surface area (Å²) in [5, 5.41) is 0. The van der Waals surface area contributed by atoms with Gasteiger partial charge in [0.1, 0.15) is 12.4 Å². The topological polar surface area (TPSA) is 48.0 Å². The number of hydrogen-bond donors (Lipinski definition) is 0. The summed E-state index contributed by atoms with van der Waals surface area (Å²) in [7, 11) is 2.23. The number of ether oxygens (including phenoxy) is 3. The largest absolute Gasteiger partial charge is 0.492 e. The molecule has 4 aromatic carbocycles. The maximum Gasteiger partial charge on any atom is 0.335 e. The molecule has 0 saturated heterocycles. The highest BCUT2D eigenvalue weighted by atomic mass is 16.6. The van der Waals surface area contributed by atoms with Crippen LogP contribution in [0.3, 0.4) is 0 Å². The third-order valence-electron chi connectivity index (χ3n) is 9.10. The Bertz CT molecular complexity index is 1550. The standard InChI is InChI=1S/C41H49NO4/c1-5-30-19-24-37-34(28-30)21-25-36-33(20-16-31-12-9-8-10-13-31)14-11-15-38(36)40(37)42(4)26-27-46-35-22-17-32(18-23-35)29-39(44-6-2)41(43)45-7-3/h8-15,17-19,22-24,28,39-40H,5-7,16,20-21,25-27,29H2,1-4H3. The van der Waals surface area contributed by atoms with Gasteiger partial charge in [0.25, 0.3) is 0 Å². The number of fused-ring (bicyclic) bond motifs is 2. The Morgan fingerprint density at radius 1 is 0.804 bits per heavy atom. The van der Waals surface area contributed by atoms with Crippen LogP contribution in [0, 0.1) is 0 Å². The smallest absolute Gasteiger partial charge is 0.335 e. The van der Waals surface area contributed by atoms with Crippen LogP contribution in [0.25, 0.3) is 0 Å². The maximum absolute atomic E-state index is 12.3. The van der Waals surface area contributed by atoms with E-state index in [-0.39, 0.29) is 12.0 Å². The fourth-order valence-electron chi connectivity index (χ4n) is 6.66. The lowest BCUT2D eigenvalue weighted by atomic mass is 9.89. The summed E-state index contributed by atoms with van der Waals surface area (Å²) in [5.74, 6) is 0.502. The highest BCUT2D eigenvalue weighted by Crippen LogP contribution is 2.38. The number of carbonyl (C=O) groups is 1. The van der Waals surface area contributed by atoms with E-state index in [0.717, 1.165) is 50.0 Å². The molecule has 0 aliphatic heterocycles. The minimum absolute atomic E-state index is 0.166. The lowest BCUT2D eigenvalue weighted by Crippen LogP contribution is -2.30. The van der Waals surface area contributed by atoms with Gasteiger partial charge in [-0.2, -0.15) is 0 Å². The van der Waals surface area contributed by atoms with E-state index in [0.29, 0.717) is 26.2 Å². The second-order valence-electron chi connectivity index (χ2n) is 12.1. The third kappa shape index (κ3) is 8.45. The van der Waals surface area contributed by atoms with Crippen LogP contribution >= 0.6 is 0 Å². The summed E-state index contributed by atoms with van der Waals surface area (Å²) in [4.78, 5) is 14.7. The first-order valence-electron chi connectivity index (χ1n) is 17.0. The Morgan fingerprint density at radius 3 is 2.33 bits per heavy atom. The van der Waals surface area contributed by atoms with Crippen molar-refractivity contribution in [3.63, 3.8) is 0 Å². The first kappa shape index (κ1) is 33.4. The van der Waals surface area contributed by atoms with Crippen LogP contribution in [0.1, 0.15) is 71.3 Å². The molecule has 0 fully saturated rings. The van der Waals surface area contributed by atoms with Gasteiger partial charge in [-0.15, -0.1) is 0 Å². The summed E-state index contributed by atoms with van der Waals surface area (Å²) in [5.41, 5.74) is 11.1. The molecule has 2 unspecified atom stereocenters. The Kier molecular flexibility index (Phi) is 12.0. The van der Waals surface area contributed by atoms with Crippen molar-refractivity contribution in [1.82, 2.24) is 4.90 Å². The van der Waals surface area contributed by atoms with Crippen LogP contribution in [0.2, 0.25) is 0 Å². The van der Waals surface area contributed by atoms with Gasteiger partial charge in [0.2, 0.25) is 0 Å². The van der Waals surface area contributed by atoms with Gasteiger partial charge < -0.3 is 14.2 Å². The van der Waals surface area contributed by atoms with E-state index < -0.39 is 6.10 Å². The van der Waals surface area contributed by atoms with E-state index in [1.165, 1.54) is 38.9 Å². The Morgan fingerprint density at radius 2 is 1.59 bits per heavy atom. The average Bonchev–Trinajstić information content (AvgIpc) is 3.25. The number of aryl methyl sites for hydroxylation is 4. The Hall–Kier alpha value is -3.93. The second kappa shape index (κ2) is 16.6. The van der Waals surface area contributed by atoms with Crippen LogP contribution in [0.5, 0.6) is 5.75 Å². The van der Waals surface area contributed by atoms with E-state index in [1.807, 2.05) is 38.1 Å². The molecule has 0 aromatic heterocycles. The zero-order valence-corrected chi connectivity index (χ0v) is 28.0. The predicted octanol–water partition coefficient (Wildman–Crippen LogP) is 7.74. The van der Waals surface area contributed by atoms with Crippen molar-refractivity contribution in [1.29, 1.82) is 0 Å². The van der Waals surface area contributed by atoms with Crippen LogP contribution in [0.4, 0.5) is 0 Å². The van der Waals surface area contributed by atoms with Crippen molar-refractivity contribution in [2.45, 2.75) is 71.4 Å². The molecule has 46 heavy (non-hydrogen) atoms. The fourth-order valence-corrected chi connectivity index (χ4v) is 6.66. The number of benzene rings is 4. The molecule has 0 bridgehead atoms. The van der Waals surface area contributed by atoms with Gasteiger partial charge >= 0.3 is 5.97 Å². The Balaban J connectivity index is 1.30. The minimum Gasteiger partial charge on any atom is -0.492 e. The first-order chi connectivity index (χ1) is 22.5. The normalized spacial score (nSPS) is 14.7. The van der Waals surface area contributed by atoms with Crippen molar-refractivity contribution >= 4 is 5.97 Å². The molecule has 0 radical (unpaired) electrons. The molecule has 2 atom stereocenters. The molecule has 0 saturated carbocycles. The summed E-state index contributed by atoms with van der Waals surface area (Å²) < 4.78 is 17.1. The molecule has 0 amide bonds. The predicted molar refractivity (Wildman–Crippen MR) is 186 cm³/mol. The van der Waals surface area contributed by atoms with E-state index in [1.54, 1.807) is 0 Å². The van der Waals surface area contributed by atoms with Crippen LogP contribution in [-0.2, 0) is 52.8 Å². The zero-order chi connectivity index (χ0) is 32.3. The summed E-state index contributed by atoms with van der Waals surface area (Å²) in [6.07, 6.45) is 5.15. The minimum atomic E-state index is -0.594. The second-order valence-corrected chi connectivity index (χ2v) is 12.1. The number of carbonyl (C=O) groups excluding carboxylic acids is 1. The number of esters is 1. The van der Waals surface area contributed by atoms with Gasteiger partial charge in [-0.3, -0.25) is 4.90 Å². The van der Waals surface area contributed by atoms with E-state index in [2.05, 4.69) is 85.6 Å². The van der Waals surface area contributed by atoms with Crippen molar-refractivity contribution in [3.05, 3.63) is 136 Å². The molecule has 5 rings (SSSR count). The molecule has 0 N–H and O–H groups in total. The molecule has 1 aliphatic rings. The highest BCUT2D eigenvalue weighted by Gasteiger charge is 2.28. The third-order valence-corrected chi connectivity index (χ3v) is 9.10. The van der Waals surface area contributed by atoms with Gasteiger partial charge in [0.15, 0.2) is 6.10 Å². The van der Waals surface area contributed by atoms with Gasteiger partial charge in [-0.1, -0.05) is 85.8 Å². The lowest BCUT2D eigenvalue weighted by Gasteiger charge is -2.31. The summed E-state index contributed by atoms with van der Waals surface area (Å²) in [6.45, 7) is 8.09. The number of nitrogens with zero attached hydrogens (tertiary/aromatic N) is 1. The van der Waals surface area contributed by atoms with Gasteiger partial charge in [-0.05, 0) is 110 Å². The highest BCUT2D eigenvalue weighted by molar-refractivity contribution is 5.75. The lowest BCUT2D eigenvalue weighted by molar-refractivity contribution is -0.156. The van der Waals surface area contributed by atoms with E-state index >= 15 is 0 Å². The van der Waals surface area contributed by atoms with Gasteiger partial charge in [0, 0.05) is 19.6 Å². The van der Waals surface area contributed by atoms with E-state index in [4.69, 9.17) is 14.2 Å². The molecule has 4 aromatic rings. The molecule has 1 aliphatic carbocycles. The quantitative estimate of drug-likeness (QED) is 0.127. The van der Waals surface area contributed by atoms with Gasteiger partial charge in [0.05, 0.1) is 12.6 Å². The fraction of sp³-hybridized carbons (Fsp3) is 0.390. The van der Waals surface area contributed by atoms with Crippen molar-refractivity contribution < 1.29 is 19.0 Å². The molecule has 5 nitrogen and oxygen atoms in total. The van der Waals surface area contributed by atoms with Crippen LogP contribution in [0.15, 0.2) is 91.0 Å². The van der Waals surface area contributed by atoms with Crippen LogP contribution in [-0.4, -0.2) is 50.4 Å². The summed E-state index contributed by atoms with van der Waals surface area (Å²) in [6, 6.07) is 33.0. The molecule has 5 heteroatoms. The van der Waals surface area contributed by atoms with Crippen molar-refractivity contribution in [2.75, 3.05) is 33.4 Å². The summed E-state index contributed by atoms with van der Waals surface area (Å²) >= 11 is 0. The monoisotopic (exact) mass is 619 g/mol. The molecule has 0 heterocycles. The first-order valence-corrected chi connectivity index (χ1v) is 17.0. The molecule has 0 spiro atoms. The number of hydrogen-bond acceptors (Lipinski definition) is 5. The molecule has 242 valence electrons. The van der Waals surface area contributed by atoms with E-state index in [9.17, 15) is 4.79 Å². The van der Waals surface area contributed by atoms with Crippen LogP contribution < -0.4 is 4.74 Å². The van der Waals surface area contributed by atoms with Crippen molar-refractivity contribution in [2.24, 2.45) is 0 Å².